The van der Waals surface area contributed by atoms with Crippen molar-refractivity contribution in [2.45, 2.75) is 13.5 Å². The zero-order valence-corrected chi connectivity index (χ0v) is 7.17. The maximum Gasteiger partial charge on any atom is 0.169 e. The second kappa shape index (κ2) is 4.09. The van der Waals surface area contributed by atoms with Gasteiger partial charge in [-0.05, 0) is 19.5 Å². The van der Waals surface area contributed by atoms with Crippen molar-refractivity contribution in [3.05, 3.63) is 30.1 Å². The highest BCUT2D eigenvalue weighted by molar-refractivity contribution is 5.03. The van der Waals surface area contributed by atoms with E-state index in [1.54, 1.807) is 0 Å². The van der Waals surface area contributed by atoms with Crippen molar-refractivity contribution in [2.75, 3.05) is 13.6 Å². The van der Waals surface area contributed by atoms with E-state index in [9.17, 15) is 0 Å². The Morgan fingerprint density at radius 2 is 2.00 bits per heavy atom. The molecule has 60 valence electrons. The molecule has 1 aromatic rings. The van der Waals surface area contributed by atoms with Crippen LogP contribution in [0.5, 0.6) is 0 Å². The molecule has 0 aliphatic carbocycles. The summed E-state index contributed by atoms with van der Waals surface area (Å²) in [5.74, 6) is 0. The summed E-state index contributed by atoms with van der Waals surface area (Å²) >= 11 is 0. The van der Waals surface area contributed by atoms with Gasteiger partial charge in [-0.2, -0.15) is 0 Å². The van der Waals surface area contributed by atoms with E-state index in [0.29, 0.717) is 0 Å². The fourth-order valence-electron chi connectivity index (χ4n) is 0.922. The molecule has 0 saturated carbocycles. The molecule has 1 heterocycles. The number of aryl methyl sites for hydroxylation is 1. The standard InChI is InChI=1S/C9H15N2/c1-9-3-6-11(7-4-9)8-5-10-2/h3-4,6-7,10H,5,8H2,1-2H3/q+1. The van der Waals surface area contributed by atoms with Gasteiger partial charge in [0.05, 0.1) is 6.54 Å². The van der Waals surface area contributed by atoms with Crippen LogP contribution in [0.2, 0.25) is 0 Å². The number of hydrogen-bond donors (Lipinski definition) is 1. The minimum atomic E-state index is 1.02. The summed E-state index contributed by atoms with van der Waals surface area (Å²) in [5.41, 5.74) is 1.31. The van der Waals surface area contributed by atoms with Crippen LogP contribution in [0.1, 0.15) is 5.56 Å². The van der Waals surface area contributed by atoms with Gasteiger partial charge in [-0.15, -0.1) is 0 Å². The van der Waals surface area contributed by atoms with E-state index in [1.165, 1.54) is 5.56 Å². The van der Waals surface area contributed by atoms with Crippen molar-refractivity contribution in [1.82, 2.24) is 5.32 Å². The molecular weight excluding hydrogens is 136 g/mol. The summed E-state index contributed by atoms with van der Waals surface area (Å²) in [6, 6.07) is 4.24. The molecule has 2 nitrogen and oxygen atoms in total. The first-order chi connectivity index (χ1) is 5.33. The minimum Gasteiger partial charge on any atom is -0.314 e. The number of nitrogens with one attached hydrogen (secondary N) is 1. The second-order valence-electron chi connectivity index (χ2n) is 2.72. The van der Waals surface area contributed by atoms with Crippen molar-refractivity contribution >= 4 is 0 Å². The van der Waals surface area contributed by atoms with Crippen molar-refractivity contribution in [2.24, 2.45) is 0 Å². The molecule has 11 heavy (non-hydrogen) atoms. The zero-order chi connectivity index (χ0) is 8.10. The molecule has 1 N–H and O–H groups in total. The molecule has 0 fully saturated rings. The Morgan fingerprint density at radius 1 is 1.36 bits per heavy atom. The summed E-state index contributed by atoms with van der Waals surface area (Å²) in [6.07, 6.45) is 4.21. The SMILES string of the molecule is CNCC[n+]1ccc(C)cc1. The lowest BCUT2D eigenvalue weighted by atomic mass is 10.3. The van der Waals surface area contributed by atoms with Crippen molar-refractivity contribution in [3.63, 3.8) is 0 Å². The van der Waals surface area contributed by atoms with E-state index in [1.807, 2.05) is 7.05 Å². The van der Waals surface area contributed by atoms with E-state index >= 15 is 0 Å². The van der Waals surface area contributed by atoms with Crippen LogP contribution in [-0.4, -0.2) is 13.6 Å². The Hall–Kier alpha value is -0.890. The smallest absolute Gasteiger partial charge is 0.169 e. The van der Waals surface area contributed by atoms with Gasteiger partial charge in [-0.25, -0.2) is 4.57 Å². The van der Waals surface area contributed by atoms with E-state index in [-0.39, 0.29) is 0 Å². The second-order valence-corrected chi connectivity index (χ2v) is 2.72. The van der Waals surface area contributed by atoms with Gasteiger partial charge >= 0.3 is 0 Å². The third kappa shape index (κ3) is 2.68. The van der Waals surface area contributed by atoms with Gasteiger partial charge in [-0.3, -0.25) is 0 Å². The van der Waals surface area contributed by atoms with Crippen LogP contribution in [0.3, 0.4) is 0 Å². The maximum atomic E-state index is 3.11. The molecule has 0 unspecified atom stereocenters. The predicted molar refractivity (Wildman–Crippen MR) is 45.3 cm³/mol. The number of nitrogens with zero attached hydrogens (tertiary/aromatic N) is 1. The quantitative estimate of drug-likeness (QED) is 0.622. The van der Waals surface area contributed by atoms with Gasteiger partial charge in [0.1, 0.15) is 0 Å². The van der Waals surface area contributed by atoms with Gasteiger partial charge in [-0.1, -0.05) is 0 Å². The molecule has 0 aliphatic rings. The average molecular weight is 151 g/mol. The fourth-order valence-corrected chi connectivity index (χ4v) is 0.922. The Labute approximate surface area is 67.9 Å². The van der Waals surface area contributed by atoms with E-state index in [0.717, 1.165) is 13.1 Å². The number of rotatable bonds is 3. The first-order valence-electron chi connectivity index (χ1n) is 3.93. The van der Waals surface area contributed by atoms with Crippen molar-refractivity contribution in [1.29, 1.82) is 0 Å². The lowest BCUT2D eigenvalue weighted by Crippen LogP contribution is -2.37. The minimum absolute atomic E-state index is 1.02. The number of aromatic nitrogens is 1. The number of pyridine rings is 1. The highest BCUT2D eigenvalue weighted by Gasteiger charge is 1.95. The van der Waals surface area contributed by atoms with E-state index in [4.69, 9.17) is 0 Å². The molecule has 0 aliphatic heterocycles. The molecular formula is C9H15N2+. The fraction of sp³-hybridized carbons (Fsp3) is 0.444. The third-order valence-corrected chi connectivity index (χ3v) is 1.68. The van der Waals surface area contributed by atoms with Gasteiger partial charge in [0.2, 0.25) is 0 Å². The van der Waals surface area contributed by atoms with Crippen LogP contribution in [0, 0.1) is 6.92 Å². The van der Waals surface area contributed by atoms with Crippen LogP contribution in [-0.2, 0) is 6.54 Å². The summed E-state index contributed by atoms with van der Waals surface area (Å²) in [6.45, 7) is 4.16. The molecule has 1 rings (SSSR count). The molecule has 1 aromatic heterocycles. The maximum absolute atomic E-state index is 3.11. The zero-order valence-electron chi connectivity index (χ0n) is 7.17. The Balaban J connectivity index is 2.52. The van der Waals surface area contributed by atoms with Gasteiger partial charge in [0.25, 0.3) is 0 Å². The van der Waals surface area contributed by atoms with Crippen LogP contribution in [0.4, 0.5) is 0 Å². The predicted octanol–water partition coefficient (Wildman–Crippen LogP) is 0.502. The molecule has 0 amide bonds. The molecule has 0 radical (unpaired) electrons. The normalized spacial score (nSPS) is 10.0. The Morgan fingerprint density at radius 3 is 2.55 bits per heavy atom. The molecule has 0 saturated heterocycles. The molecule has 2 heteroatoms. The first-order valence-corrected chi connectivity index (χ1v) is 3.93. The van der Waals surface area contributed by atoms with Crippen LogP contribution < -0.4 is 9.88 Å². The summed E-state index contributed by atoms with van der Waals surface area (Å²) < 4.78 is 2.17. The van der Waals surface area contributed by atoms with Crippen LogP contribution in [0.25, 0.3) is 0 Å². The molecule has 0 spiro atoms. The van der Waals surface area contributed by atoms with Crippen LogP contribution in [0.15, 0.2) is 24.5 Å². The van der Waals surface area contributed by atoms with Gasteiger partial charge in [0.15, 0.2) is 18.9 Å². The topological polar surface area (TPSA) is 15.9 Å². The number of likely N-dealkylation sites (N-methyl/N-ethyl adjacent to an activating group) is 1. The average Bonchev–Trinajstić information content (AvgIpc) is 2.04. The largest absolute Gasteiger partial charge is 0.314 e. The molecule has 0 bridgehead atoms. The van der Waals surface area contributed by atoms with Gasteiger partial charge in [0, 0.05) is 12.1 Å². The van der Waals surface area contributed by atoms with Crippen molar-refractivity contribution < 1.29 is 4.57 Å². The highest BCUT2D eigenvalue weighted by Crippen LogP contribution is 1.88. The van der Waals surface area contributed by atoms with Crippen molar-refractivity contribution in [3.8, 4) is 0 Å². The summed E-state index contributed by atoms with van der Waals surface area (Å²) in [7, 11) is 1.97. The monoisotopic (exact) mass is 151 g/mol. The first kappa shape index (κ1) is 8.21. The van der Waals surface area contributed by atoms with Gasteiger partial charge < -0.3 is 5.32 Å². The third-order valence-electron chi connectivity index (χ3n) is 1.68. The lowest BCUT2D eigenvalue weighted by molar-refractivity contribution is -0.695. The lowest BCUT2D eigenvalue weighted by Gasteiger charge is -1.95. The number of hydrogen-bond acceptors (Lipinski definition) is 1. The Bertz CT molecular complexity index is 203. The summed E-state index contributed by atoms with van der Waals surface area (Å²) in [5, 5.41) is 3.11. The van der Waals surface area contributed by atoms with E-state index < -0.39 is 0 Å². The highest BCUT2D eigenvalue weighted by atomic mass is 15.0. The van der Waals surface area contributed by atoms with E-state index in [2.05, 4.69) is 41.3 Å². The Kier molecular flexibility index (Phi) is 3.05. The summed E-state index contributed by atoms with van der Waals surface area (Å²) in [4.78, 5) is 0. The molecule has 0 atom stereocenters. The molecule has 0 aromatic carbocycles. The van der Waals surface area contributed by atoms with Crippen LogP contribution >= 0.6 is 0 Å².